The van der Waals surface area contributed by atoms with Gasteiger partial charge in [-0.25, -0.2) is 0 Å². The van der Waals surface area contributed by atoms with Crippen molar-refractivity contribution < 1.29 is 0 Å². The molecule has 1 heterocycles. The van der Waals surface area contributed by atoms with Gasteiger partial charge in [-0.15, -0.1) is 0 Å². The molecule has 0 spiro atoms. The van der Waals surface area contributed by atoms with Crippen molar-refractivity contribution >= 4 is 0 Å². The van der Waals surface area contributed by atoms with Crippen LogP contribution in [0.25, 0.3) is 0 Å². The Labute approximate surface area is 92.1 Å². The second kappa shape index (κ2) is 6.53. The molecule has 0 aliphatic rings. The van der Waals surface area contributed by atoms with E-state index in [0.29, 0.717) is 0 Å². The lowest BCUT2D eigenvalue weighted by Gasteiger charge is -2.21. The zero-order valence-electron chi connectivity index (χ0n) is 9.61. The Morgan fingerprint density at radius 1 is 1.27 bits per heavy atom. The second-order valence-corrected chi connectivity index (χ2v) is 3.92. The van der Waals surface area contributed by atoms with Crippen LogP contribution in [0.5, 0.6) is 0 Å². The molecule has 84 valence electrons. The van der Waals surface area contributed by atoms with Crippen molar-refractivity contribution in [1.29, 1.82) is 0 Å². The lowest BCUT2D eigenvalue weighted by atomic mass is 9.92. The fourth-order valence-electron chi connectivity index (χ4n) is 1.85. The van der Waals surface area contributed by atoms with Gasteiger partial charge in [0.25, 0.3) is 0 Å². The molecular formula is C12H21N3. The van der Waals surface area contributed by atoms with Gasteiger partial charge in [-0.2, -0.15) is 0 Å². The van der Waals surface area contributed by atoms with Crippen molar-refractivity contribution in [2.45, 2.75) is 39.2 Å². The van der Waals surface area contributed by atoms with Crippen LogP contribution in [0.3, 0.4) is 0 Å². The molecule has 0 radical (unpaired) electrons. The van der Waals surface area contributed by atoms with Crippen molar-refractivity contribution in [2.75, 3.05) is 0 Å². The summed E-state index contributed by atoms with van der Waals surface area (Å²) in [4.78, 5) is 4.01. The first-order chi connectivity index (χ1) is 7.31. The van der Waals surface area contributed by atoms with Crippen molar-refractivity contribution in [3.8, 4) is 0 Å². The number of rotatable bonds is 6. The molecule has 1 atom stereocenters. The molecule has 0 amide bonds. The summed E-state index contributed by atoms with van der Waals surface area (Å²) in [5.41, 5.74) is 4.11. The van der Waals surface area contributed by atoms with E-state index in [2.05, 4.69) is 24.3 Å². The highest BCUT2D eigenvalue weighted by atomic mass is 15.2. The Bertz CT molecular complexity index is 257. The lowest BCUT2D eigenvalue weighted by molar-refractivity contribution is 0.375. The smallest absolute Gasteiger partial charge is 0.0463 e. The molecule has 3 nitrogen and oxygen atoms in total. The van der Waals surface area contributed by atoms with Crippen molar-refractivity contribution in [1.82, 2.24) is 10.4 Å². The van der Waals surface area contributed by atoms with Gasteiger partial charge in [0.05, 0.1) is 0 Å². The van der Waals surface area contributed by atoms with E-state index in [9.17, 15) is 0 Å². The number of aromatic nitrogens is 1. The predicted octanol–water partition coefficient (Wildman–Crippen LogP) is 2.41. The Balaban J connectivity index is 2.64. The lowest BCUT2D eigenvalue weighted by Crippen LogP contribution is -2.29. The van der Waals surface area contributed by atoms with Gasteiger partial charge < -0.3 is 0 Å². The summed E-state index contributed by atoms with van der Waals surface area (Å²) >= 11 is 0. The predicted molar refractivity (Wildman–Crippen MR) is 63.0 cm³/mol. The number of hydrazine groups is 1. The monoisotopic (exact) mass is 207 g/mol. The highest BCUT2D eigenvalue weighted by Gasteiger charge is 2.14. The van der Waals surface area contributed by atoms with Crippen LogP contribution in [0.2, 0.25) is 0 Å². The Morgan fingerprint density at radius 3 is 2.33 bits per heavy atom. The molecule has 0 fully saturated rings. The van der Waals surface area contributed by atoms with Gasteiger partial charge in [0, 0.05) is 18.4 Å². The maximum absolute atomic E-state index is 5.59. The molecule has 1 aromatic heterocycles. The number of nitrogens with one attached hydrogen (secondary N) is 1. The zero-order valence-corrected chi connectivity index (χ0v) is 9.61. The molecule has 0 saturated carbocycles. The van der Waals surface area contributed by atoms with Crippen LogP contribution in [-0.4, -0.2) is 4.98 Å². The van der Waals surface area contributed by atoms with Gasteiger partial charge in [0.15, 0.2) is 0 Å². The van der Waals surface area contributed by atoms with E-state index in [1.165, 1.54) is 18.4 Å². The molecule has 0 bridgehead atoms. The molecule has 0 aliphatic heterocycles. The van der Waals surface area contributed by atoms with Gasteiger partial charge in [0.1, 0.15) is 0 Å². The Kier molecular flexibility index (Phi) is 5.29. The summed E-state index contributed by atoms with van der Waals surface area (Å²) in [5.74, 6) is 6.33. The van der Waals surface area contributed by atoms with Gasteiger partial charge >= 0.3 is 0 Å². The van der Waals surface area contributed by atoms with Crippen LogP contribution in [0.1, 0.15) is 44.7 Å². The fraction of sp³-hybridized carbons (Fsp3) is 0.583. The minimum Gasteiger partial charge on any atom is -0.271 e. The van der Waals surface area contributed by atoms with Crippen LogP contribution >= 0.6 is 0 Å². The number of hydrogen-bond acceptors (Lipinski definition) is 3. The molecular weight excluding hydrogens is 186 g/mol. The average Bonchev–Trinajstić information content (AvgIpc) is 2.32. The molecule has 0 aromatic carbocycles. The minimum absolute atomic E-state index is 0.248. The van der Waals surface area contributed by atoms with Gasteiger partial charge in [-0.3, -0.25) is 16.3 Å². The van der Waals surface area contributed by atoms with Gasteiger partial charge in [-0.05, 0) is 30.0 Å². The van der Waals surface area contributed by atoms with E-state index in [1.807, 2.05) is 24.5 Å². The molecule has 1 rings (SSSR count). The van der Waals surface area contributed by atoms with E-state index in [0.717, 1.165) is 12.3 Å². The van der Waals surface area contributed by atoms with Crippen LogP contribution in [0.4, 0.5) is 0 Å². The highest BCUT2D eigenvalue weighted by Crippen LogP contribution is 2.23. The maximum Gasteiger partial charge on any atom is 0.0463 e. The standard InChI is InChI=1S/C12H21N3/c1-3-10(4-2)9-12(15-13)11-5-7-14-8-6-11/h5-8,10,12,15H,3-4,9,13H2,1-2H3. The number of hydrogen-bond donors (Lipinski definition) is 2. The third-order valence-electron chi connectivity index (χ3n) is 3.03. The zero-order chi connectivity index (χ0) is 11.1. The molecule has 3 heteroatoms. The third kappa shape index (κ3) is 3.61. The summed E-state index contributed by atoms with van der Waals surface area (Å²) in [5, 5.41) is 0. The minimum atomic E-state index is 0.248. The van der Waals surface area contributed by atoms with Crippen molar-refractivity contribution in [2.24, 2.45) is 11.8 Å². The van der Waals surface area contributed by atoms with Crippen LogP contribution in [0.15, 0.2) is 24.5 Å². The Hall–Kier alpha value is -0.930. The molecule has 0 saturated heterocycles. The molecule has 0 aliphatic carbocycles. The van der Waals surface area contributed by atoms with Crippen LogP contribution < -0.4 is 11.3 Å². The molecule has 3 N–H and O–H groups in total. The first-order valence-corrected chi connectivity index (χ1v) is 5.67. The molecule has 15 heavy (non-hydrogen) atoms. The first kappa shape index (κ1) is 12.1. The van der Waals surface area contributed by atoms with E-state index in [-0.39, 0.29) is 6.04 Å². The summed E-state index contributed by atoms with van der Waals surface area (Å²) in [6, 6.07) is 4.29. The quantitative estimate of drug-likeness (QED) is 0.556. The van der Waals surface area contributed by atoms with Crippen molar-refractivity contribution in [3.05, 3.63) is 30.1 Å². The van der Waals surface area contributed by atoms with Gasteiger partial charge in [0.2, 0.25) is 0 Å². The SMILES string of the molecule is CCC(CC)CC(NN)c1ccncc1. The van der Waals surface area contributed by atoms with E-state index >= 15 is 0 Å². The van der Waals surface area contributed by atoms with Crippen molar-refractivity contribution in [3.63, 3.8) is 0 Å². The van der Waals surface area contributed by atoms with E-state index in [4.69, 9.17) is 5.84 Å². The normalized spacial score (nSPS) is 13.1. The highest BCUT2D eigenvalue weighted by molar-refractivity contribution is 5.14. The molecule has 1 aromatic rings. The largest absolute Gasteiger partial charge is 0.271 e. The first-order valence-electron chi connectivity index (χ1n) is 5.67. The second-order valence-electron chi connectivity index (χ2n) is 3.92. The van der Waals surface area contributed by atoms with Crippen LogP contribution in [0, 0.1) is 5.92 Å². The molecule has 1 unspecified atom stereocenters. The average molecular weight is 207 g/mol. The van der Waals surface area contributed by atoms with E-state index < -0.39 is 0 Å². The number of pyridine rings is 1. The van der Waals surface area contributed by atoms with Gasteiger partial charge in [-0.1, -0.05) is 26.7 Å². The summed E-state index contributed by atoms with van der Waals surface area (Å²) in [7, 11) is 0. The topological polar surface area (TPSA) is 50.9 Å². The summed E-state index contributed by atoms with van der Waals surface area (Å²) in [6.07, 6.45) is 7.13. The fourth-order valence-corrected chi connectivity index (χ4v) is 1.85. The number of nitrogens with zero attached hydrogens (tertiary/aromatic N) is 1. The summed E-state index contributed by atoms with van der Waals surface area (Å²) < 4.78 is 0. The maximum atomic E-state index is 5.59. The number of nitrogens with two attached hydrogens (primary N) is 1. The van der Waals surface area contributed by atoms with Crippen LogP contribution in [-0.2, 0) is 0 Å². The summed E-state index contributed by atoms with van der Waals surface area (Å²) in [6.45, 7) is 4.46. The Morgan fingerprint density at radius 2 is 1.87 bits per heavy atom. The third-order valence-corrected chi connectivity index (χ3v) is 3.03. The van der Waals surface area contributed by atoms with E-state index in [1.54, 1.807) is 0 Å².